The van der Waals surface area contributed by atoms with E-state index in [0.29, 0.717) is 12.1 Å². The number of halogens is 1. The predicted octanol–water partition coefficient (Wildman–Crippen LogP) is 5.27. The summed E-state index contributed by atoms with van der Waals surface area (Å²) in [5, 5.41) is 0.761. The normalized spacial score (nSPS) is 10.9. The van der Waals surface area contributed by atoms with Gasteiger partial charge in [-0.2, -0.15) is 0 Å². The largest absolute Gasteiger partial charge is 0.308 e. The van der Waals surface area contributed by atoms with E-state index in [1.54, 1.807) is 23.1 Å². The first kappa shape index (κ1) is 22.7. The second-order valence-electron chi connectivity index (χ2n) is 6.86. The summed E-state index contributed by atoms with van der Waals surface area (Å²) in [4.78, 5) is 23.2. The Morgan fingerprint density at radius 1 is 1.11 bits per heavy atom. The Labute approximate surface area is 181 Å². The summed E-state index contributed by atoms with van der Waals surface area (Å²) in [5.41, 5.74) is 4.01. The van der Waals surface area contributed by atoms with Gasteiger partial charge in [0, 0.05) is 23.5 Å². The van der Waals surface area contributed by atoms with E-state index in [-0.39, 0.29) is 18.3 Å². The first-order chi connectivity index (χ1) is 12.9. The maximum Gasteiger partial charge on any atom is 0.260 e. The Morgan fingerprint density at radius 2 is 1.86 bits per heavy atom. The number of amides is 1. The van der Waals surface area contributed by atoms with E-state index in [0.717, 1.165) is 32.4 Å². The van der Waals surface area contributed by atoms with E-state index >= 15 is 0 Å². The molecule has 1 aromatic heterocycles. The van der Waals surface area contributed by atoms with Gasteiger partial charge in [-0.1, -0.05) is 23.5 Å². The first-order valence-electron chi connectivity index (χ1n) is 8.88. The van der Waals surface area contributed by atoms with Gasteiger partial charge in [-0.25, -0.2) is 4.98 Å². The number of para-hydroxylation sites is 1. The molecule has 1 amide bonds. The van der Waals surface area contributed by atoms with Gasteiger partial charge in [0.05, 0.1) is 10.2 Å². The highest BCUT2D eigenvalue weighted by molar-refractivity contribution is 7.98. The standard InChI is InChI=1S/C21H25N3OS2.ClH/c1-14-9-10-16(13-15(14)2)20(25)24(12-11-23(3)4)21-22-19-17(26-5)7-6-8-18(19)27-21;/h6-10,13H,11-12H2,1-5H3;1H. The molecule has 0 aliphatic heterocycles. The molecule has 0 saturated heterocycles. The lowest BCUT2D eigenvalue weighted by Crippen LogP contribution is -2.36. The minimum Gasteiger partial charge on any atom is -0.308 e. The molecule has 4 nitrogen and oxygen atoms in total. The fourth-order valence-electron chi connectivity index (χ4n) is 2.81. The van der Waals surface area contributed by atoms with Crippen molar-refractivity contribution in [1.29, 1.82) is 0 Å². The Morgan fingerprint density at radius 3 is 2.50 bits per heavy atom. The molecular weight excluding hydrogens is 410 g/mol. The minimum absolute atomic E-state index is 0. The van der Waals surface area contributed by atoms with Gasteiger partial charge in [0.2, 0.25) is 0 Å². The maximum atomic E-state index is 13.3. The van der Waals surface area contributed by atoms with Crippen molar-refractivity contribution in [2.24, 2.45) is 0 Å². The van der Waals surface area contributed by atoms with Crippen LogP contribution in [0.4, 0.5) is 5.13 Å². The summed E-state index contributed by atoms with van der Waals surface area (Å²) in [6.45, 7) is 5.48. The third kappa shape index (κ3) is 4.87. The number of aromatic nitrogens is 1. The molecule has 0 aliphatic rings. The molecule has 3 rings (SSSR count). The van der Waals surface area contributed by atoms with Crippen molar-refractivity contribution >= 4 is 56.8 Å². The number of thiazole rings is 1. The summed E-state index contributed by atoms with van der Waals surface area (Å²) < 4.78 is 1.11. The maximum absolute atomic E-state index is 13.3. The Balaban J connectivity index is 0.00000280. The molecule has 0 radical (unpaired) electrons. The number of aryl methyl sites for hydroxylation is 2. The highest BCUT2D eigenvalue weighted by Crippen LogP contribution is 2.34. The average molecular weight is 436 g/mol. The number of hydrogen-bond acceptors (Lipinski definition) is 5. The van der Waals surface area contributed by atoms with Crippen molar-refractivity contribution in [3.05, 3.63) is 53.1 Å². The molecule has 0 fully saturated rings. The zero-order valence-corrected chi connectivity index (χ0v) is 19.3. The molecule has 3 aromatic rings. The molecule has 28 heavy (non-hydrogen) atoms. The second-order valence-corrected chi connectivity index (χ2v) is 8.72. The van der Waals surface area contributed by atoms with Crippen molar-refractivity contribution in [2.45, 2.75) is 18.7 Å². The van der Waals surface area contributed by atoms with Gasteiger partial charge in [0.15, 0.2) is 5.13 Å². The second kappa shape index (κ2) is 9.74. The fourth-order valence-corrected chi connectivity index (χ4v) is 4.45. The lowest BCUT2D eigenvalue weighted by Gasteiger charge is -2.22. The number of anilines is 1. The summed E-state index contributed by atoms with van der Waals surface area (Å²) in [6.07, 6.45) is 2.05. The van der Waals surface area contributed by atoms with Gasteiger partial charge in [0.1, 0.15) is 0 Å². The molecule has 0 spiro atoms. The molecule has 0 atom stereocenters. The zero-order valence-electron chi connectivity index (χ0n) is 16.9. The molecule has 0 aliphatic carbocycles. The molecule has 0 N–H and O–H groups in total. The number of carbonyl (C=O) groups is 1. The van der Waals surface area contributed by atoms with Crippen molar-refractivity contribution in [3.8, 4) is 0 Å². The monoisotopic (exact) mass is 435 g/mol. The number of hydrogen-bond donors (Lipinski definition) is 0. The van der Waals surface area contributed by atoms with Crippen LogP contribution < -0.4 is 4.90 Å². The molecule has 0 saturated carbocycles. The van der Waals surface area contributed by atoms with Gasteiger partial charge in [-0.05, 0) is 69.6 Å². The van der Waals surface area contributed by atoms with Crippen LogP contribution in [0.5, 0.6) is 0 Å². The van der Waals surface area contributed by atoms with Gasteiger partial charge in [-0.3, -0.25) is 9.69 Å². The van der Waals surface area contributed by atoms with Crippen molar-refractivity contribution in [3.63, 3.8) is 0 Å². The van der Waals surface area contributed by atoms with Gasteiger partial charge >= 0.3 is 0 Å². The van der Waals surface area contributed by atoms with E-state index in [1.807, 2.05) is 50.2 Å². The van der Waals surface area contributed by atoms with Crippen molar-refractivity contribution in [2.75, 3.05) is 38.3 Å². The average Bonchev–Trinajstić information content (AvgIpc) is 3.07. The number of fused-ring (bicyclic) bond motifs is 1. The lowest BCUT2D eigenvalue weighted by atomic mass is 10.1. The summed E-state index contributed by atoms with van der Waals surface area (Å²) in [7, 11) is 4.03. The lowest BCUT2D eigenvalue weighted by molar-refractivity contribution is 0.0985. The van der Waals surface area contributed by atoms with Crippen LogP contribution in [0.25, 0.3) is 10.2 Å². The van der Waals surface area contributed by atoms with Crippen LogP contribution in [-0.4, -0.2) is 49.2 Å². The predicted molar refractivity (Wildman–Crippen MR) is 125 cm³/mol. The van der Waals surface area contributed by atoms with Crippen LogP contribution in [-0.2, 0) is 0 Å². The third-order valence-corrected chi connectivity index (χ3v) is 6.40. The third-order valence-electron chi connectivity index (χ3n) is 4.59. The minimum atomic E-state index is 0. The number of benzene rings is 2. The molecule has 0 bridgehead atoms. The Kier molecular flexibility index (Phi) is 7.89. The van der Waals surface area contributed by atoms with Gasteiger partial charge in [-0.15, -0.1) is 24.2 Å². The highest BCUT2D eigenvalue weighted by atomic mass is 35.5. The number of carbonyl (C=O) groups excluding carboxylic acids is 1. The molecular formula is C21H26ClN3OS2. The number of nitrogens with zero attached hydrogens (tertiary/aromatic N) is 3. The molecule has 1 heterocycles. The van der Waals surface area contributed by atoms with Crippen molar-refractivity contribution < 1.29 is 4.79 Å². The zero-order chi connectivity index (χ0) is 19.6. The smallest absolute Gasteiger partial charge is 0.260 e. The Bertz CT molecular complexity index is 971. The number of rotatable bonds is 6. The molecule has 7 heteroatoms. The van der Waals surface area contributed by atoms with Gasteiger partial charge in [0.25, 0.3) is 5.91 Å². The molecule has 150 valence electrons. The topological polar surface area (TPSA) is 36.4 Å². The Hall–Kier alpha value is -1.60. The van der Waals surface area contributed by atoms with Crippen LogP contribution in [0.15, 0.2) is 41.3 Å². The van der Waals surface area contributed by atoms with Gasteiger partial charge < -0.3 is 4.90 Å². The van der Waals surface area contributed by atoms with Crippen molar-refractivity contribution in [1.82, 2.24) is 9.88 Å². The summed E-state index contributed by atoms with van der Waals surface area (Å²) in [6, 6.07) is 12.1. The molecule has 0 unspecified atom stereocenters. The van der Waals surface area contributed by atoms with Crippen LogP contribution in [0.3, 0.4) is 0 Å². The SMILES string of the molecule is CSc1cccc2sc(N(CCN(C)C)C(=O)c3ccc(C)c(C)c3)nc12.Cl. The van der Waals surface area contributed by atoms with E-state index in [2.05, 4.69) is 30.2 Å². The van der Waals surface area contributed by atoms with Crippen LogP contribution in [0.2, 0.25) is 0 Å². The van der Waals surface area contributed by atoms with E-state index in [1.165, 1.54) is 5.56 Å². The molecule has 2 aromatic carbocycles. The van der Waals surface area contributed by atoms with E-state index in [9.17, 15) is 4.79 Å². The van der Waals surface area contributed by atoms with E-state index < -0.39 is 0 Å². The first-order valence-corrected chi connectivity index (χ1v) is 10.9. The highest BCUT2D eigenvalue weighted by Gasteiger charge is 2.22. The quantitative estimate of drug-likeness (QED) is 0.494. The van der Waals surface area contributed by atoms with Crippen LogP contribution >= 0.6 is 35.5 Å². The number of thioether (sulfide) groups is 1. The van der Waals surface area contributed by atoms with Crippen LogP contribution in [0.1, 0.15) is 21.5 Å². The van der Waals surface area contributed by atoms with E-state index in [4.69, 9.17) is 4.98 Å². The van der Waals surface area contributed by atoms with Crippen LogP contribution in [0, 0.1) is 13.8 Å². The number of likely N-dealkylation sites (N-methyl/N-ethyl adjacent to an activating group) is 1. The summed E-state index contributed by atoms with van der Waals surface area (Å²) in [5.74, 6) is 0.00436. The fraction of sp³-hybridized carbons (Fsp3) is 0.333. The summed E-state index contributed by atoms with van der Waals surface area (Å²) >= 11 is 3.26.